The van der Waals surface area contributed by atoms with Gasteiger partial charge in [0.05, 0.1) is 6.61 Å². The van der Waals surface area contributed by atoms with E-state index in [1.54, 1.807) is 0 Å². The van der Waals surface area contributed by atoms with E-state index in [0.717, 1.165) is 26.2 Å². The number of ether oxygens (including phenoxy) is 1. The molecule has 1 saturated heterocycles. The minimum absolute atomic E-state index is 0.356. The van der Waals surface area contributed by atoms with E-state index >= 15 is 0 Å². The second kappa shape index (κ2) is 3.83. The molecule has 1 aromatic heterocycles. The van der Waals surface area contributed by atoms with Crippen molar-refractivity contribution in [1.82, 2.24) is 15.2 Å². The summed E-state index contributed by atoms with van der Waals surface area (Å²) in [6.07, 6.45) is 1.12. The van der Waals surface area contributed by atoms with E-state index in [-0.39, 0.29) is 0 Å². The molecule has 0 bridgehead atoms. The molecular formula is C8H15N5O. The van der Waals surface area contributed by atoms with E-state index in [4.69, 9.17) is 10.5 Å². The van der Waals surface area contributed by atoms with Crippen molar-refractivity contribution in [3.05, 3.63) is 0 Å². The standard InChI is InChI=1S/C8H15N5O/c1-13(4-6-2-3-14-5-6)8-10-7(9)11-12-8/h6H,2-5H2,1H3,(H3,9,10,11,12). The Balaban J connectivity index is 1.91. The monoisotopic (exact) mass is 197 g/mol. The zero-order chi connectivity index (χ0) is 9.97. The molecular weight excluding hydrogens is 182 g/mol. The topological polar surface area (TPSA) is 80.1 Å². The summed E-state index contributed by atoms with van der Waals surface area (Å²) in [6.45, 7) is 2.62. The van der Waals surface area contributed by atoms with E-state index in [0.29, 0.717) is 17.8 Å². The Kier molecular flexibility index (Phi) is 2.53. The Morgan fingerprint density at radius 1 is 1.71 bits per heavy atom. The SMILES string of the molecule is CN(CC1CCOC1)c1n[nH]c(N)n1. The number of aromatic amines is 1. The smallest absolute Gasteiger partial charge is 0.246 e. The summed E-state index contributed by atoms with van der Waals surface area (Å²) in [6, 6.07) is 0. The Labute approximate surface area is 82.4 Å². The van der Waals surface area contributed by atoms with Gasteiger partial charge in [0, 0.05) is 26.1 Å². The first-order valence-corrected chi connectivity index (χ1v) is 4.72. The minimum atomic E-state index is 0.356. The average molecular weight is 197 g/mol. The van der Waals surface area contributed by atoms with Crippen LogP contribution in [0.2, 0.25) is 0 Å². The molecule has 0 amide bonds. The average Bonchev–Trinajstić information content (AvgIpc) is 2.75. The molecule has 1 aliphatic heterocycles. The second-order valence-electron chi connectivity index (χ2n) is 3.63. The molecule has 1 aliphatic rings. The molecule has 1 atom stereocenters. The molecule has 0 saturated carbocycles. The molecule has 78 valence electrons. The first-order valence-electron chi connectivity index (χ1n) is 4.72. The molecule has 2 rings (SSSR count). The van der Waals surface area contributed by atoms with Crippen molar-refractivity contribution < 1.29 is 4.74 Å². The van der Waals surface area contributed by atoms with Gasteiger partial charge < -0.3 is 15.4 Å². The van der Waals surface area contributed by atoms with Crippen LogP contribution in [0.25, 0.3) is 0 Å². The first kappa shape index (κ1) is 9.26. The first-order chi connectivity index (χ1) is 6.75. The van der Waals surface area contributed by atoms with Crippen LogP contribution in [0.3, 0.4) is 0 Å². The lowest BCUT2D eigenvalue weighted by Crippen LogP contribution is -2.26. The van der Waals surface area contributed by atoms with Gasteiger partial charge in [0.25, 0.3) is 0 Å². The van der Waals surface area contributed by atoms with Crippen molar-refractivity contribution in [2.45, 2.75) is 6.42 Å². The highest BCUT2D eigenvalue weighted by molar-refractivity contribution is 5.32. The third-order valence-electron chi connectivity index (χ3n) is 2.39. The highest BCUT2D eigenvalue weighted by atomic mass is 16.5. The van der Waals surface area contributed by atoms with Gasteiger partial charge in [-0.15, -0.1) is 5.10 Å². The van der Waals surface area contributed by atoms with E-state index < -0.39 is 0 Å². The lowest BCUT2D eigenvalue weighted by atomic mass is 10.1. The Hall–Kier alpha value is -1.30. The molecule has 1 aromatic rings. The van der Waals surface area contributed by atoms with Gasteiger partial charge in [-0.3, -0.25) is 0 Å². The van der Waals surface area contributed by atoms with Crippen LogP contribution in [0.5, 0.6) is 0 Å². The van der Waals surface area contributed by atoms with Gasteiger partial charge in [-0.05, 0) is 6.42 Å². The molecule has 1 unspecified atom stereocenters. The number of aromatic nitrogens is 3. The molecule has 6 heteroatoms. The van der Waals surface area contributed by atoms with Crippen LogP contribution in [0, 0.1) is 5.92 Å². The van der Waals surface area contributed by atoms with Gasteiger partial charge >= 0.3 is 0 Å². The van der Waals surface area contributed by atoms with E-state index in [1.165, 1.54) is 0 Å². The van der Waals surface area contributed by atoms with Gasteiger partial charge in [-0.1, -0.05) is 0 Å². The Bertz CT molecular complexity index is 294. The van der Waals surface area contributed by atoms with Gasteiger partial charge in [-0.25, -0.2) is 5.10 Å². The molecule has 2 heterocycles. The van der Waals surface area contributed by atoms with Crippen LogP contribution in [0.4, 0.5) is 11.9 Å². The van der Waals surface area contributed by atoms with Crippen LogP contribution in [0.1, 0.15) is 6.42 Å². The maximum atomic E-state index is 5.44. The van der Waals surface area contributed by atoms with Crippen LogP contribution < -0.4 is 10.6 Å². The Morgan fingerprint density at radius 2 is 2.57 bits per heavy atom. The molecule has 3 N–H and O–H groups in total. The molecule has 6 nitrogen and oxygen atoms in total. The number of nitrogens with two attached hydrogens (primary N) is 1. The summed E-state index contributed by atoms with van der Waals surface area (Å²) in [5.41, 5.74) is 5.44. The highest BCUT2D eigenvalue weighted by Crippen LogP contribution is 2.15. The number of rotatable bonds is 3. The fourth-order valence-corrected chi connectivity index (χ4v) is 1.63. The lowest BCUT2D eigenvalue weighted by molar-refractivity contribution is 0.186. The van der Waals surface area contributed by atoms with Gasteiger partial charge in [0.15, 0.2) is 0 Å². The summed E-state index contributed by atoms with van der Waals surface area (Å²) in [4.78, 5) is 6.04. The van der Waals surface area contributed by atoms with Crippen molar-refractivity contribution in [1.29, 1.82) is 0 Å². The normalized spacial score (nSPS) is 21.4. The molecule has 0 aromatic carbocycles. The summed E-state index contributed by atoms with van der Waals surface area (Å²) < 4.78 is 5.30. The fraction of sp³-hybridized carbons (Fsp3) is 0.750. The van der Waals surface area contributed by atoms with Crippen LogP contribution in [-0.4, -0.2) is 42.0 Å². The molecule has 0 aliphatic carbocycles. The molecule has 1 fully saturated rings. The predicted molar refractivity (Wildman–Crippen MR) is 53.0 cm³/mol. The van der Waals surface area contributed by atoms with E-state index in [2.05, 4.69) is 15.2 Å². The summed E-state index contributed by atoms with van der Waals surface area (Å²) in [5, 5.41) is 6.60. The summed E-state index contributed by atoms with van der Waals surface area (Å²) in [5.74, 6) is 1.59. The quantitative estimate of drug-likeness (QED) is 0.705. The lowest BCUT2D eigenvalue weighted by Gasteiger charge is -2.17. The number of H-pyrrole nitrogens is 1. The van der Waals surface area contributed by atoms with Gasteiger partial charge in [-0.2, -0.15) is 4.98 Å². The Morgan fingerprint density at radius 3 is 3.14 bits per heavy atom. The third-order valence-corrected chi connectivity index (χ3v) is 2.39. The predicted octanol–water partition coefficient (Wildman–Crippen LogP) is -0.140. The maximum absolute atomic E-state index is 5.44. The molecule has 0 spiro atoms. The third kappa shape index (κ3) is 1.95. The van der Waals surface area contributed by atoms with Crippen molar-refractivity contribution in [2.24, 2.45) is 5.92 Å². The minimum Gasteiger partial charge on any atom is -0.381 e. The van der Waals surface area contributed by atoms with Crippen molar-refractivity contribution in [3.63, 3.8) is 0 Å². The highest BCUT2D eigenvalue weighted by Gasteiger charge is 2.19. The number of anilines is 2. The molecule has 14 heavy (non-hydrogen) atoms. The van der Waals surface area contributed by atoms with Gasteiger partial charge in [0.2, 0.25) is 11.9 Å². The zero-order valence-corrected chi connectivity index (χ0v) is 8.23. The zero-order valence-electron chi connectivity index (χ0n) is 8.23. The van der Waals surface area contributed by atoms with Gasteiger partial charge in [0.1, 0.15) is 0 Å². The number of nitrogen functional groups attached to an aromatic ring is 1. The summed E-state index contributed by atoms with van der Waals surface area (Å²) in [7, 11) is 1.96. The van der Waals surface area contributed by atoms with E-state index in [1.807, 2.05) is 11.9 Å². The van der Waals surface area contributed by atoms with Crippen molar-refractivity contribution in [3.8, 4) is 0 Å². The maximum Gasteiger partial charge on any atom is 0.246 e. The summed E-state index contributed by atoms with van der Waals surface area (Å²) >= 11 is 0. The number of hydrogen-bond acceptors (Lipinski definition) is 5. The van der Waals surface area contributed by atoms with Crippen molar-refractivity contribution >= 4 is 11.9 Å². The van der Waals surface area contributed by atoms with Crippen LogP contribution >= 0.6 is 0 Å². The van der Waals surface area contributed by atoms with Crippen molar-refractivity contribution in [2.75, 3.05) is 37.4 Å². The number of nitrogens with zero attached hydrogens (tertiary/aromatic N) is 3. The van der Waals surface area contributed by atoms with Crippen LogP contribution in [0.15, 0.2) is 0 Å². The number of hydrogen-bond donors (Lipinski definition) is 2. The number of nitrogens with one attached hydrogen (secondary N) is 1. The van der Waals surface area contributed by atoms with Crippen LogP contribution in [-0.2, 0) is 4.74 Å². The largest absolute Gasteiger partial charge is 0.381 e. The van der Waals surface area contributed by atoms with E-state index in [9.17, 15) is 0 Å². The second-order valence-corrected chi connectivity index (χ2v) is 3.63. The molecule has 0 radical (unpaired) electrons. The fourth-order valence-electron chi connectivity index (χ4n) is 1.63.